The van der Waals surface area contributed by atoms with Crippen LogP contribution in [0, 0.1) is 16.0 Å². The smallest absolute Gasteiger partial charge is 0.364 e. The third-order valence-electron chi connectivity index (χ3n) is 4.75. The summed E-state index contributed by atoms with van der Waals surface area (Å²) in [6.45, 7) is 6.31. The van der Waals surface area contributed by atoms with E-state index in [0.29, 0.717) is 31.2 Å². The molecule has 1 fully saturated rings. The van der Waals surface area contributed by atoms with Gasteiger partial charge in [0.1, 0.15) is 18.3 Å². The minimum absolute atomic E-state index is 0.0272. The van der Waals surface area contributed by atoms with Gasteiger partial charge < -0.3 is 14.3 Å². The van der Waals surface area contributed by atoms with E-state index < -0.39 is 28.0 Å². The van der Waals surface area contributed by atoms with Crippen molar-refractivity contribution in [1.82, 2.24) is 0 Å². The third kappa shape index (κ3) is 7.75. The number of nitro groups is 1. The topological polar surface area (TPSA) is 134 Å². The summed E-state index contributed by atoms with van der Waals surface area (Å²) in [7, 11) is 0. The van der Waals surface area contributed by atoms with Gasteiger partial charge in [-0.25, -0.2) is 4.79 Å². The molecule has 0 heterocycles. The Morgan fingerprint density at radius 2 is 1.69 bits per heavy atom. The highest BCUT2D eigenvalue weighted by Crippen LogP contribution is 2.28. The Balaban J connectivity index is 1.82. The van der Waals surface area contributed by atoms with E-state index in [1.54, 1.807) is 32.9 Å². The van der Waals surface area contributed by atoms with Gasteiger partial charge in [-0.05, 0) is 64.2 Å². The van der Waals surface area contributed by atoms with Crippen LogP contribution in [0.4, 0.5) is 5.69 Å². The summed E-state index contributed by atoms with van der Waals surface area (Å²) in [5, 5.41) is 14.4. The number of non-ortho nitro benzene ring substituents is 1. The van der Waals surface area contributed by atoms with Crippen molar-refractivity contribution in [3.63, 3.8) is 0 Å². The van der Waals surface area contributed by atoms with Gasteiger partial charge >= 0.3 is 11.9 Å². The van der Waals surface area contributed by atoms with Gasteiger partial charge in [0.2, 0.25) is 5.71 Å². The summed E-state index contributed by atoms with van der Waals surface area (Å²) in [6.07, 6.45) is 1.73. The lowest BCUT2D eigenvalue weighted by Gasteiger charge is -2.26. The van der Waals surface area contributed by atoms with Crippen LogP contribution in [0.25, 0.3) is 0 Å². The number of nitro benzene ring substituents is 1. The number of ether oxygens (including phenoxy) is 2. The summed E-state index contributed by atoms with van der Waals surface area (Å²) in [5.74, 6) is -2.03. The van der Waals surface area contributed by atoms with E-state index >= 15 is 0 Å². The minimum Gasteiger partial charge on any atom is -0.461 e. The lowest BCUT2D eigenvalue weighted by Crippen LogP contribution is -2.33. The molecule has 10 nitrogen and oxygen atoms in total. The van der Waals surface area contributed by atoms with Crippen molar-refractivity contribution < 1.29 is 33.6 Å². The van der Waals surface area contributed by atoms with Crippen molar-refractivity contribution in [2.45, 2.75) is 71.7 Å². The fourth-order valence-corrected chi connectivity index (χ4v) is 3.09. The summed E-state index contributed by atoms with van der Waals surface area (Å²) in [4.78, 5) is 51.7. The quantitative estimate of drug-likeness (QED) is 0.194. The molecule has 32 heavy (non-hydrogen) atoms. The van der Waals surface area contributed by atoms with E-state index in [9.17, 15) is 24.5 Å². The normalized spacial score (nSPS) is 19.1. The summed E-state index contributed by atoms with van der Waals surface area (Å²) < 4.78 is 10.5. The van der Waals surface area contributed by atoms with Crippen molar-refractivity contribution in [2.75, 3.05) is 0 Å². The second-order valence-corrected chi connectivity index (χ2v) is 8.61. The lowest BCUT2D eigenvalue weighted by molar-refractivity contribution is -0.384. The number of nitrogens with zero attached hydrogens (tertiary/aromatic N) is 2. The van der Waals surface area contributed by atoms with Crippen LogP contribution in [0.5, 0.6) is 0 Å². The number of carbonyl (C=O) groups is 3. The van der Waals surface area contributed by atoms with Crippen molar-refractivity contribution in [3.8, 4) is 0 Å². The zero-order chi connectivity index (χ0) is 23.9. The standard InChI is InChI=1S/C22H28N2O8/c1-14(25)19(21(27)31-22(2,3)4)23-32-18-11-7-16(8-12-18)20(26)30-13-15-5-9-17(10-6-15)24(28)29/h5-6,9-10,16,18H,7-8,11-13H2,1-4H3/b23-19+. The summed E-state index contributed by atoms with van der Waals surface area (Å²) in [6, 6.07) is 5.81. The molecule has 174 valence electrons. The van der Waals surface area contributed by atoms with Crippen molar-refractivity contribution in [1.29, 1.82) is 0 Å². The highest BCUT2D eigenvalue weighted by molar-refractivity contribution is 6.63. The first-order valence-corrected chi connectivity index (χ1v) is 10.3. The predicted octanol–water partition coefficient (Wildman–Crippen LogP) is 3.50. The van der Waals surface area contributed by atoms with Gasteiger partial charge in [-0.1, -0.05) is 5.16 Å². The van der Waals surface area contributed by atoms with E-state index in [1.807, 2.05) is 0 Å². The Morgan fingerprint density at radius 1 is 1.09 bits per heavy atom. The SMILES string of the molecule is CC(=O)/C(=N\OC1CCC(C(=O)OCc2ccc([N+](=O)[O-])cc2)CC1)C(=O)OC(C)(C)C. The Labute approximate surface area is 186 Å². The Morgan fingerprint density at radius 3 is 2.19 bits per heavy atom. The van der Waals surface area contributed by atoms with Gasteiger partial charge in [-0.2, -0.15) is 0 Å². The maximum Gasteiger partial charge on any atom is 0.364 e. The summed E-state index contributed by atoms with van der Waals surface area (Å²) >= 11 is 0. The number of ketones is 1. The Kier molecular flexibility index (Phi) is 8.45. The molecule has 0 amide bonds. The molecule has 0 aromatic heterocycles. The number of rotatable bonds is 8. The average Bonchev–Trinajstić information content (AvgIpc) is 2.71. The first-order valence-electron chi connectivity index (χ1n) is 10.3. The summed E-state index contributed by atoms with van der Waals surface area (Å²) in [5.41, 5.74) is -0.528. The molecule has 0 spiro atoms. The van der Waals surface area contributed by atoms with Crippen LogP contribution in [0.2, 0.25) is 0 Å². The average molecular weight is 448 g/mol. The molecule has 0 saturated heterocycles. The minimum atomic E-state index is -0.839. The Bertz CT molecular complexity index is 878. The van der Waals surface area contributed by atoms with E-state index in [4.69, 9.17) is 14.3 Å². The molecule has 0 N–H and O–H groups in total. The molecule has 0 aliphatic heterocycles. The monoisotopic (exact) mass is 448 g/mol. The molecule has 0 radical (unpaired) electrons. The molecule has 0 atom stereocenters. The van der Waals surface area contributed by atoms with Gasteiger partial charge in [-0.15, -0.1) is 0 Å². The fraction of sp³-hybridized carbons (Fsp3) is 0.545. The second-order valence-electron chi connectivity index (χ2n) is 8.61. The van der Waals surface area contributed by atoms with Gasteiger partial charge in [0, 0.05) is 19.1 Å². The Hall–Kier alpha value is -3.30. The molecule has 0 unspecified atom stereocenters. The first-order chi connectivity index (χ1) is 15.0. The van der Waals surface area contributed by atoms with Gasteiger partial charge in [0.15, 0.2) is 5.78 Å². The fourth-order valence-electron chi connectivity index (χ4n) is 3.09. The van der Waals surface area contributed by atoms with Crippen molar-refractivity contribution in [3.05, 3.63) is 39.9 Å². The van der Waals surface area contributed by atoms with Crippen LogP contribution in [-0.4, -0.2) is 40.1 Å². The highest BCUT2D eigenvalue weighted by Gasteiger charge is 2.30. The molecule has 0 bridgehead atoms. The molecular formula is C22H28N2O8. The van der Waals surface area contributed by atoms with E-state index in [0.717, 1.165) is 0 Å². The largest absolute Gasteiger partial charge is 0.461 e. The number of hydrogen-bond donors (Lipinski definition) is 0. The van der Waals surface area contributed by atoms with Crippen LogP contribution in [0.3, 0.4) is 0 Å². The number of oxime groups is 1. The third-order valence-corrected chi connectivity index (χ3v) is 4.75. The zero-order valence-corrected chi connectivity index (χ0v) is 18.7. The van der Waals surface area contributed by atoms with Crippen LogP contribution in [0.1, 0.15) is 58.9 Å². The number of carbonyl (C=O) groups excluding carboxylic acids is 3. The molecule has 1 aromatic rings. The first kappa shape index (κ1) is 25.0. The number of hydrogen-bond acceptors (Lipinski definition) is 9. The van der Waals surface area contributed by atoms with E-state index in [2.05, 4.69) is 5.16 Å². The molecule has 1 aromatic carbocycles. The number of benzene rings is 1. The number of Topliss-reactive ketones (excluding diaryl/α,β-unsaturated/α-hetero) is 1. The van der Waals surface area contributed by atoms with Crippen LogP contribution >= 0.6 is 0 Å². The van der Waals surface area contributed by atoms with Crippen LogP contribution in [0.15, 0.2) is 29.4 Å². The van der Waals surface area contributed by atoms with Gasteiger partial charge in [0.25, 0.3) is 5.69 Å². The molecule has 1 saturated carbocycles. The number of esters is 2. The molecular weight excluding hydrogens is 420 g/mol. The lowest BCUT2D eigenvalue weighted by atomic mass is 9.87. The van der Waals surface area contributed by atoms with E-state index in [1.165, 1.54) is 19.1 Å². The molecule has 1 aliphatic rings. The maximum absolute atomic E-state index is 12.3. The van der Waals surface area contributed by atoms with Crippen molar-refractivity contribution in [2.24, 2.45) is 11.1 Å². The van der Waals surface area contributed by atoms with Crippen molar-refractivity contribution >= 4 is 29.1 Å². The van der Waals surface area contributed by atoms with Gasteiger partial charge in [0.05, 0.1) is 10.8 Å². The van der Waals surface area contributed by atoms with Crippen LogP contribution < -0.4 is 0 Å². The maximum atomic E-state index is 12.3. The molecule has 2 rings (SSSR count). The van der Waals surface area contributed by atoms with Crippen LogP contribution in [-0.2, 0) is 35.3 Å². The van der Waals surface area contributed by atoms with Gasteiger partial charge in [-0.3, -0.25) is 19.7 Å². The zero-order valence-electron chi connectivity index (χ0n) is 18.7. The van der Waals surface area contributed by atoms with E-state index in [-0.39, 0.29) is 30.3 Å². The molecule has 10 heteroatoms. The second kappa shape index (κ2) is 10.8. The predicted molar refractivity (Wildman–Crippen MR) is 114 cm³/mol. The highest BCUT2D eigenvalue weighted by atomic mass is 16.6. The molecule has 1 aliphatic carbocycles.